The molecule has 1 N–H and O–H groups in total. The molecule has 2 heteroatoms. The maximum Gasteiger partial charge on any atom is 0.0346 e. The standard InChI is InChI=1S/C14H14N2/c1-2-10-6-16-8-12-4-3-11-7-15-5-9(1)13(11)14(10)12/h1-2,5,7,12,16H,3-4,6,8H2. The van der Waals surface area contributed by atoms with Gasteiger partial charge >= 0.3 is 0 Å². The van der Waals surface area contributed by atoms with Gasteiger partial charge in [-0.15, -0.1) is 0 Å². The fourth-order valence-corrected chi connectivity index (χ4v) is 3.29. The van der Waals surface area contributed by atoms with Crippen LogP contribution in [0.4, 0.5) is 0 Å². The van der Waals surface area contributed by atoms with E-state index in [0.717, 1.165) is 19.0 Å². The van der Waals surface area contributed by atoms with E-state index < -0.39 is 0 Å². The van der Waals surface area contributed by atoms with Crippen LogP contribution >= 0.6 is 0 Å². The van der Waals surface area contributed by atoms with E-state index >= 15 is 0 Å². The van der Waals surface area contributed by atoms with Gasteiger partial charge < -0.3 is 5.32 Å². The average molecular weight is 210 g/mol. The number of rotatable bonds is 0. The van der Waals surface area contributed by atoms with E-state index in [1.165, 1.54) is 34.7 Å². The van der Waals surface area contributed by atoms with Crippen molar-refractivity contribution in [3.05, 3.63) is 41.2 Å². The summed E-state index contributed by atoms with van der Waals surface area (Å²) in [7, 11) is 0. The summed E-state index contributed by atoms with van der Waals surface area (Å²) in [6, 6.07) is 4.49. The molecule has 1 atom stereocenters. The molecular weight excluding hydrogens is 196 g/mol. The highest BCUT2D eigenvalue weighted by atomic mass is 14.9. The van der Waals surface area contributed by atoms with Crippen LogP contribution in [0.1, 0.15) is 29.0 Å². The van der Waals surface area contributed by atoms with Crippen molar-refractivity contribution in [1.29, 1.82) is 0 Å². The Bertz CT molecular complexity index is 574. The highest BCUT2D eigenvalue weighted by Crippen LogP contribution is 2.39. The molecule has 4 rings (SSSR count). The van der Waals surface area contributed by atoms with Crippen LogP contribution in [0.2, 0.25) is 0 Å². The largest absolute Gasteiger partial charge is 0.312 e. The SMILES string of the molecule is c1cc2cncc3c2c2c1CNCC2CC3. The van der Waals surface area contributed by atoms with Crippen LogP contribution in [0.3, 0.4) is 0 Å². The lowest BCUT2D eigenvalue weighted by atomic mass is 9.78. The second-order valence-electron chi connectivity index (χ2n) is 4.90. The number of hydrogen-bond donors (Lipinski definition) is 1. The van der Waals surface area contributed by atoms with E-state index in [1.54, 1.807) is 5.56 Å². The molecule has 0 saturated heterocycles. The minimum Gasteiger partial charge on any atom is -0.312 e. The maximum atomic E-state index is 4.34. The van der Waals surface area contributed by atoms with Crippen LogP contribution < -0.4 is 5.32 Å². The number of nitrogens with one attached hydrogen (secondary N) is 1. The number of aromatic nitrogens is 1. The first-order valence-corrected chi connectivity index (χ1v) is 6.02. The zero-order valence-corrected chi connectivity index (χ0v) is 9.16. The van der Waals surface area contributed by atoms with Gasteiger partial charge in [-0.05, 0) is 40.8 Å². The van der Waals surface area contributed by atoms with Gasteiger partial charge in [0.1, 0.15) is 0 Å². The van der Waals surface area contributed by atoms with E-state index in [0.29, 0.717) is 0 Å². The van der Waals surface area contributed by atoms with Crippen molar-refractivity contribution < 1.29 is 0 Å². The van der Waals surface area contributed by atoms with E-state index in [-0.39, 0.29) is 0 Å². The Kier molecular flexibility index (Phi) is 1.66. The van der Waals surface area contributed by atoms with Gasteiger partial charge in [-0.2, -0.15) is 0 Å². The van der Waals surface area contributed by atoms with Gasteiger partial charge in [0.25, 0.3) is 0 Å². The van der Waals surface area contributed by atoms with Gasteiger partial charge in [-0.3, -0.25) is 4.98 Å². The van der Waals surface area contributed by atoms with Crippen LogP contribution in [0.15, 0.2) is 24.5 Å². The number of hydrogen-bond acceptors (Lipinski definition) is 2. The van der Waals surface area contributed by atoms with Crippen LogP contribution in [-0.2, 0) is 13.0 Å². The van der Waals surface area contributed by atoms with Crippen molar-refractivity contribution in [3.8, 4) is 0 Å². The highest BCUT2D eigenvalue weighted by Gasteiger charge is 2.26. The summed E-state index contributed by atoms with van der Waals surface area (Å²) in [4.78, 5) is 4.34. The lowest BCUT2D eigenvalue weighted by molar-refractivity contribution is 0.510. The summed E-state index contributed by atoms with van der Waals surface area (Å²) < 4.78 is 0. The highest BCUT2D eigenvalue weighted by molar-refractivity contribution is 5.90. The van der Waals surface area contributed by atoms with Crippen molar-refractivity contribution >= 4 is 10.8 Å². The molecule has 0 amide bonds. The lowest BCUT2D eigenvalue weighted by Crippen LogP contribution is -2.30. The molecular formula is C14H14N2. The topological polar surface area (TPSA) is 24.9 Å². The van der Waals surface area contributed by atoms with Crippen molar-refractivity contribution in [2.24, 2.45) is 0 Å². The lowest BCUT2D eigenvalue weighted by Gasteiger charge is -2.32. The second-order valence-corrected chi connectivity index (χ2v) is 4.90. The molecule has 0 fully saturated rings. The third-order valence-electron chi connectivity index (χ3n) is 4.01. The Balaban J connectivity index is 2.17. The van der Waals surface area contributed by atoms with Crippen LogP contribution in [-0.4, -0.2) is 11.5 Å². The minimum absolute atomic E-state index is 0.724. The molecule has 2 nitrogen and oxygen atoms in total. The predicted octanol–water partition coefficient (Wildman–Crippen LogP) is 2.37. The second kappa shape index (κ2) is 3.05. The molecule has 16 heavy (non-hydrogen) atoms. The number of aryl methyl sites for hydroxylation is 1. The summed E-state index contributed by atoms with van der Waals surface area (Å²) in [6.45, 7) is 2.18. The fraction of sp³-hybridized carbons (Fsp3) is 0.357. The molecule has 0 bridgehead atoms. The molecule has 2 aliphatic rings. The first-order valence-electron chi connectivity index (χ1n) is 6.02. The smallest absolute Gasteiger partial charge is 0.0346 e. The van der Waals surface area contributed by atoms with Crippen molar-refractivity contribution in [3.63, 3.8) is 0 Å². The Morgan fingerprint density at radius 3 is 3.19 bits per heavy atom. The predicted molar refractivity (Wildman–Crippen MR) is 64.5 cm³/mol. The normalized spacial score (nSPS) is 22.4. The first-order chi connectivity index (χ1) is 7.93. The summed E-state index contributed by atoms with van der Waals surface area (Å²) in [5, 5.41) is 6.35. The van der Waals surface area contributed by atoms with Gasteiger partial charge in [0.15, 0.2) is 0 Å². The number of benzene rings is 1. The molecule has 0 spiro atoms. The summed E-state index contributed by atoms with van der Waals surface area (Å²) in [5.41, 5.74) is 4.56. The van der Waals surface area contributed by atoms with Gasteiger partial charge in [0, 0.05) is 30.9 Å². The van der Waals surface area contributed by atoms with Gasteiger partial charge in [0.2, 0.25) is 0 Å². The number of pyridine rings is 1. The molecule has 0 saturated carbocycles. The summed E-state index contributed by atoms with van der Waals surface area (Å²) in [6.07, 6.45) is 6.52. The molecule has 1 aromatic heterocycles. The molecule has 2 heterocycles. The average Bonchev–Trinajstić information content (AvgIpc) is 2.36. The Morgan fingerprint density at radius 2 is 2.19 bits per heavy atom. The number of nitrogens with zero attached hydrogens (tertiary/aromatic N) is 1. The third-order valence-corrected chi connectivity index (χ3v) is 4.01. The van der Waals surface area contributed by atoms with Crippen molar-refractivity contribution in [2.75, 3.05) is 6.54 Å². The summed E-state index contributed by atoms with van der Waals surface area (Å²) in [5.74, 6) is 0.724. The first kappa shape index (κ1) is 8.71. The molecule has 0 radical (unpaired) electrons. The Labute approximate surface area is 94.7 Å². The van der Waals surface area contributed by atoms with Crippen molar-refractivity contribution in [2.45, 2.75) is 25.3 Å². The van der Waals surface area contributed by atoms with E-state index in [2.05, 4.69) is 28.6 Å². The summed E-state index contributed by atoms with van der Waals surface area (Å²) >= 11 is 0. The van der Waals surface area contributed by atoms with Gasteiger partial charge in [-0.1, -0.05) is 12.1 Å². The Morgan fingerprint density at radius 1 is 1.19 bits per heavy atom. The quantitative estimate of drug-likeness (QED) is 0.722. The van der Waals surface area contributed by atoms with Crippen LogP contribution in [0.25, 0.3) is 10.8 Å². The zero-order valence-electron chi connectivity index (χ0n) is 9.16. The zero-order chi connectivity index (χ0) is 10.5. The van der Waals surface area contributed by atoms with Crippen LogP contribution in [0.5, 0.6) is 0 Å². The van der Waals surface area contributed by atoms with E-state index in [4.69, 9.17) is 0 Å². The van der Waals surface area contributed by atoms with Gasteiger partial charge in [0.05, 0.1) is 0 Å². The van der Waals surface area contributed by atoms with Crippen molar-refractivity contribution in [1.82, 2.24) is 10.3 Å². The fourth-order valence-electron chi connectivity index (χ4n) is 3.29. The molecule has 1 aromatic carbocycles. The molecule has 1 unspecified atom stereocenters. The molecule has 2 aromatic rings. The third kappa shape index (κ3) is 1.03. The molecule has 1 aliphatic heterocycles. The van der Waals surface area contributed by atoms with Gasteiger partial charge in [-0.25, -0.2) is 0 Å². The van der Waals surface area contributed by atoms with E-state index in [9.17, 15) is 0 Å². The minimum atomic E-state index is 0.724. The monoisotopic (exact) mass is 210 g/mol. The Hall–Kier alpha value is -1.41. The van der Waals surface area contributed by atoms with E-state index in [1.807, 2.05) is 6.20 Å². The maximum absolute atomic E-state index is 4.34. The molecule has 1 aliphatic carbocycles. The van der Waals surface area contributed by atoms with Crippen LogP contribution in [0, 0.1) is 0 Å². The molecule has 80 valence electrons.